The maximum atomic E-state index is 12.4. The molecule has 2 fully saturated rings. The highest BCUT2D eigenvalue weighted by Gasteiger charge is 2.35. The van der Waals surface area contributed by atoms with Crippen molar-refractivity contribution in [3.05, 3.63) is 35.9 Å². The van der Waals surface area contributed by atoms with Gasteiger partial charge in [0.15, 0.2) is 9.84 Å². The summed E-state index contributed by atoms with van der Waals surface area (Å²) in [5, 5.41) is 2.92. The van der Waals surface area contributed by atoms with Gasteiger partial charge in [-0.1, -0.05) is 30.3 Å². The molecule has 0 radical (unpaired) electrons. The first-order chi connectivity index (χ1) is 10.6. The minimum atomic E-state index is -2.89. The molecule has 1 amide bonds. The monoisotopic (exact) mass is 323 g/mol. The van der Waals surface area contributed by atoms with Gasteiger partial charge >= 0.3 is 0 Å². The molecule has 0 saturated carbocycles. The molecular formula is C15H21N3O3S. The van der Waals surface area contributed by atoms with Crippen molar-refractivity contribution in [1.82, 2.24) is 16.2 Å². The summed E-state index contributed by atoms with van der Waals surface area (Å²) in [6.45, 7) is 1.00. The van der Waals surface area contributed by atoms with E-state index in [1.807, 2.05) is 30.3 Å². The van der Waals surface area contributed by atoms with E-state index in [2.05, 4.69) is 16.2 Å². The standard InChI is InChI=1S/C15H21N3O3S/c19-15(16-8-11-6-7-22(20,21)10-11)13-9-17-18-14(13)12-4-2-1-3-5-12/h1-5,11,13-14,17-18H,6-10H2,(H,16,19). The van der Waals surface area contributed by atoms with Crippen LogP contribution in [-0.2, 0) is 14.6 Å². The number of carbonyl (C=O) groups excluding carboxylic acids is 1. The Labute approximate surface area is 130 Å². The molecule has 3 unspecified atom stereocenters. The predicted molar refractivity (Wildman–Crippen MR) is 83.6 cm³/mol. The number of rotatable bonds is 4. The predicted octanol–water partition coefficient (Wildman–Crippen LogP) is 0.00260. The average Bonchev–Trinajstić information content (AvgIpc) is 3.12. The van der Waals surface area contributed by atoms with Crippen LogP contribution in [0.1, 0.15) is 18.0 Å². The van der Waals surface area contributed by atoms with E-state index >= 15 is 0 Å². The van der Waals surface area contributed by atoms with Gasteiger partial charge in [0.25, 0.3) is 0 Å². The number of benzene rings is 1. The van der Waals surface area contributed by atoms with Crippen LogP contribution in [0.2, 0.25) is 0 Å². The zero-order chi connectivity index (χ0) is 15.6. The highest BCUT2D eigenvalue weighted by Crippen LogP contribution is 2.25. The van der Waals surface area contributed by atoms with E-state index in [0.717, 1.165) is 5.56 Å². The molecule has 0 bridgehead atoms. The van der Waals surface area contributed by atoms with E-state index in [-0.39, 0.29) is 35.3 Å². The van der Waals surface area contributed by atoms with Crippen molar-refractivity contribution in [1.29, 1.82) is 0 Å². The number of hydrogen-bond acceptors (Lipinski definition) is 5. The van der Waals surface area contributed by atoms with Crippen molar-refractivity contribution in [2.24, 2.45) is 11.8 Å². The van der Waals surface area contributed by atoms with Crippen LogP contribution in [0.15, 0.2) is 30.3 Å². The van der Waals surface area contributed by atoms with E-state index in [1.54, 1.807) is 0 Å². The van der Waals surface area contributed by atoms with E-state index in [0.29, 0.717) is 19.5 Å². The Morgan fingerprint density at radius 3 is 2.73 bits per heavy atom. The maximum absolute atomic E-state index is 12.4. The highest BCUT2D eigenvalue weighted by molar-refractivity contribution is 7.91. The van der Waals surface area contributed by atoms with E-state index in [1.165, 1.54) is 0 Å². The van der Waals surface area contributed by atoms with Crippen LogP contribution in [0.25, 0.3) is 0 Å². The average molecular weight is 323 g/mol. The summed E-state index contributed by atoms with van der Waals surface area (Å²) in [4.78, 5) is 12.4. The molecule has 120 valence electrons. The van der Waals surface area contributed by atoms with Gasteiger partial charge in [-0.25, -0.2) is 13.8 Å². The fraction of sp³-hybridized carbons (Fsp3) is 0.533. The van der Waals surface area contributed by atoms with Gasteiger partial charge in [0.2, 0.25) is 5.91 Å². The quantitative estimate of drug-likeness (QED) is 0.726. The summed E-state index contributed by atoms with van der Waals surface area (Å²) in [5.74, 6) is 0.256. The van der Waals surface area contributed by atoms with Gasteiger partial charge in [-0.3, -0.25) is 10.2 Å². The Hall–Kier alpha value is -1.44. The zero-order valence-corrected chi connectivity index (χ0v) is 13.1. The van der Waals surface area contributed by atoms with Crippen molar-refractivity contribution < 1.29 is 13.2 Å². The molecule has 3 atom stereocenters. The summed E-state index contributed by atoms with van der Waals surface area (Å²) < 4.78 is 22.9. The molecule has 1 aromatic carbocycles. The lowest BCUT2D eigenvalue weighted by molar-refractivity contribution is -0.125. The van der Waals surface area contributed by atoms with E-state index in [4.69, 9.17) is 0 Å². The molecule has 2 aliphatic heterocycles. The largest absolute Gasteiger partial charge is 0.355 e. The van der Waals surface area contributed by atoms with Crippen molar-refractivity contribution >= 4 is 15.7 Å². The Kier molecular flexibility index (Phi) is 4.46. The Balaban J connectivity index is 1.58. The van der Waals surface area contributed by atoms with Crippen LogP contribution in [-0.4, -0.2) is 38.9 Å². The smallest absolute Gasteiger partial charge is 0.226 e. The summed E-state index contributed by atoms with van der Waals surface area (Å²) in [5.41, 5.74) is 7.24. The van der Waals surface area contributed by atoms with E-state index in [9.17, 15) is 13.2 Å². The first-order valence-corrected chi connectivity index (χ1v) is 9.39. The molecule has 3 rings (SSSR count). The number of hydrazine groups is 1. The van der Waals surface area contributed by atoms with Gasteiger partial charge in [-0.05, 0) is 17.9 Å². The van der Waals surface area contributed by atoms with Gasteiger partial charge < -0.3 is 5.32 Å². The minimum absolute atomic E-state index is 0.0318. The number of hydrogen-bond donors (Lipinski definition) is 3. The lowest BCUT2D eigenvalue weighted by atomic mass is 9.94. The summed E-state index contributed by atoms with van der Waals surface area (Å²) in [7, 11) is -2.89. The van der Waals surface area contributed by atoms with Crippen molar-refractivity contribution in [3.8, 4) is 0 Å². The second-order valence-corrected chi connectivity index (χ2v) is 8.26. The lowest BCUT2D eigenvalue weighted by Crippen LogP contribution is -2.37. The normalized spacial score (nSPS) is 30.3. The topological polar surface area (TPSA) is 87.3 Å². The van der Waals surface area contributed by atoms with Crippen LogP contribution in [0.5, 0.6) is 0 Å². The van der Waals surface area contributed by atoms with Gasteiger partial charge in [-0.2, -0.15) is 0 Å². The minimum Gasteiger partial charge on any atom is -0.355 e. The van der Waals surface area contributed by atoms with Crippen LogP contribution >= 0.6 is 0 Å². The van der Waals surface area contributed by atoms with Crippen molar-refractivity contribution in [2.75, 3.05) is 24.6 Å². The van der Waals surface area contributed by atoms with Crippen LogP contribution in [0.4, 0.5) is 0 Å². The molecule has 2 heterocycles. The molecule has 0 aliphatic carbocycles. The molecule has 1 aromatic rings. The molecule has 0 spiro atoms. The van der Waals surface area contributed by atoms with Gasteiger partial charge in [0.05, 0.1) is 23.5 Å². The Bertz CT molecular complexity index is 633. The Morgan fingerprint density at radius 1 is 1.27 bits per heavy atom. The highest BCUT2D eigenvalue weighted by atomic mass is 32.2. The summed E-state index contributed by atoms with van der Waals surface area (Å²) >= 11 is 0. The van der Waals surface area contributed by atoms with Crippen LogP contribution in [0.3, 0.4) is 0 Å². The molecule has 6 nitrogen and oxygen atoms in total. The summed E-state index contributed by atoms with van der Waals surface area (Å²) in [6, 6.07) is 9.78. The third-order valence-corrected chi connectivity index (χ3v) is 6.21. The zero-order valence-electron chi connectivity index (χ0n) is 12.3. The number of nitrogens with one attached hydrogen (secondary N) is 3. The fourth-order valence-electron chi connectivity index (χ4n) is 3.13. The van der Waals surface area contributed by atoms with Gasteiger partial charge in [-0.15, -0.1) is 0 Å². The molecule has 3 N–H and O–H groups in total. The lowest BCUT2D eigenvalue weighted by Gasteiger charge is -2.19. The molecule has 2 aliphatic rings. The van der Waals surface area contributed by atoms with Gasteiger partial charge in [0, 0.05) is 13.1 Å². The first-order valence-electron chi connectivity index (χ1n) is 7.56. The molecular weight excluding hydrogens is 302 g/mol. The summed E-state index contributed by atoms with van der Waals surface area (Å²) in [6.07, 6.45) is 0.645. The number of sulfone groups is 1. The van der Waals surface area contributed by atoms with Gasteiger partial charge in [0.1, 0.15) is 0 Å². The van der Waals surface area contributed by atoms with E-state index < -0.39 is 9.84 Å². The van der Waals surface area contributed by atoms with Crippen LogP contribution in [0, 0.1) is 11.8 Å². The molecule has 7 heteroatoms. The van der Waals surface area contributed by atoms with Crippen LogP contribution < -0.4 is 16.2 Å². The first kappa shape index (κ1) is 15.5. The van der Waals surface area contributed by atoms with Crippen molar-refractivity contribution in [3.63, 3.8) is 0 Å². The molecule has 0 aromatic heterocycles. The number of amides is 1. The third-order valence-electron chi connectivity index (χ3n) is 4.37. The second kappa shape index (κ2) is 6.36. The molecule has 22 heavy (non-hydrogen) atoms. The SMILES string of the molecule is O=C(NCC1CCS(=O)(=O)C1)C1CNNC1c1ccccc1. The van der Waals surface area contributed by atoms with Crippen molar-refractivity contribution in [2.45, 2.75) is 12.5 Å². The Morgan fingerprint density at radius 2 is 2.05 bits per heavy atom. The third kappa shape index (κ3) is 3.48. The second-order valence-electron chi connectivity index (χ2n) is 6.03. The number of carbonyl (C=O) groups is 1. The fourth-order valence-corrected chi connectivity index (χ4v) is 4.99. The molecule has 2 saturated heterocycles. The maximum Gasteiger partial charge on any atom is 0.226 e.